The summed E-state index contributed by atoms with van der Waals surface area (Å²) in [4.78, 5) is 8.54. The molecule has 2 rings (SSSR count). The van der Waals surface area contributed by atoms with Crippen LogP contribution in [0.4, 0.5) is 15.9 Å². The third-order valence-electron chi connectivity index (χ3n) is 2.17. The number of nitrogens with zero attached hydrogens (tertiary/aromatic N) is 2. The second-order valence-electron chi connectivity index (χ2n) is 3.48. The minimum Gasteiger partial charge on any atom is -0.340 e. The Morgan fingerprint density at radius 1 is 1.24 bits per heavy atom. The second-order valence-corrected chi connectivity index (χ2v) is 4.29. The Morgan fingerprint density at radius 3 is 2.59 bits per heavy atom. The molecule has 0 aliphatic carbocycles. The molecule has 0 amide bonds. The highest BCUT2D eigenvalue weighted by atomic mass is 79.9. The lowest BCUT2D eigenvalue weighted by Crippen LogP contribution is -1.99. The van der Waals surface area contributed by atoms with Crippen molar-refractivity contribution in [3.05, 3.63) is 46.6 Å². The Balaban J connectivity index is 2.23. The van der Waals surface area contributed by atoms with Crippen LogP contribution in [0.15, 0.2) is 34.9 Å². The number of rotatable bonds is 3. The number of anilines is 2. The Hall–Kier alpha value is -1.49. The lowest BCUT2D eigenvalue weighted by molar-refractivity contribution is 0.628. The predicted octanol–water partition coefficient (Wildman–Crippen LogP) is 3.68. The van der Waals surface area contributed by atoms with Crippen LogP contribution in [0.1, 0.15) is 12.7 Å². The van der Waals surface area contributed by atoms with E-state index in [4.69, 9.17) is 0 Å². The molecule has 1 heterocycles. The molecule has 5 heteroatoms. The maximum Gasteiger partial charge on any atom is 0.135 e. The molecule has 0 bridgehead atoms. The Labute approximate surface area is 107 Å². The van der Waals surface area contributed by atoms with E-state index in [-0.39, 0.29) is 5.82 Å². The zero-order chi connectivity index (χ0) is 12.3. The molecular formula is C12H11BrFN3. The summed E-state index contributed by atoms with van der Waals surface area (Å²) in [6, 6.07) is 7.91. The number of nitrogens with one attached hydrogen (secondary N) is 1. The molecule has 1 aromatic heterocycles. The van der Waals surface area contributed by atoms with Gasteiger partial charge in [-0.2, -0.15) is 0 Å². The van der Waals surface area contributed by atoms with E-state index in [1.807, 2.05) is 6.92 Å². The van der Waals surface area contributed by atoms with Gasteiger partial charge in [-0.3, -0.25) is 0 Å². The van der Waals surface area contributed by atoms with E-state index in [1.165, 1.54) is 12.1 Å². The smallest absolute Gasteiger partial charge is 0.135 e. The predicted molar refractivity (Wildman–Crippen MR) is 68.8 cm³/mol. The van der Waals surface area contributed by atoms with Crippen LogP contribution in [0.5, 0.6) is 0 Å². The number of benzene rings is 1. The van der Waals surface area contributed by atoms with Gasteiger partial charge in [0.05, 0.1) is 0 Å². The third kappa shape index (κ3) is 3.23. The van der Waals surface area contributed by atoms with E-state index in [0.717, 1.165) is 22.5 Å². The highest BCUT2D eigenvalue weighted by Gasteiger charge is 2.02. The van der Waals surface area contributed by atoms with E-state index in [2.05, 4.69) is 31.2 Å². The molecule has 2 aromatic rings. The molecule has 0 saturated carbocycles. The van der Waals surface area contributed by atoms with Crippen LogP contribution < -0.4 is 5.32 Å². The lowest BCUT2D eigenvalue weighted by atomic mass is 10.3. The van der Waals surface area contributed by atoms with Crippen molar-refractivity contribution in [1.29, 1.82) is 0 Å². The molecule has 3 nitrogen and oxygen atoms in total. The van der Waals surface area contributed by atoms with Crippen molar-refractivity contribution in [2.75, 3.05) is 5.32 Å². The monoisotopic (exact) mass is 295 g/mol. The van der Waals surface area contributed by atoms with Gasteiger partial charge in [0.1, 0.15) is 22.1 Å². The van der Waals surface area contributed by atoms with Crippen molar-refractivity contribution < 1.29 is 4.39 Å². The molecule has 0 unspecified atom stereocenters. The summed E-state index contributed by atoms with van der Waals surface area (Å²) < 4.78 is 13.5. The standard InChI is InChI=1S/C12H11BrFN3/c1-2-11-16-10(13)7-12(17-11)15-9-5-3-8(14)4-6-9/h3-7H,2H2,1H3,(H,15,16,17). The fraction of sp³-hybridized carbons (Fsp3) is 0.167. The summed E-state index contributed by atoms with van der Waals surface area (Å²) in [5.74, 6) is 1.19. The van der Waals surface area contributed by atoms with Crippen LogP contribution in [-0.4, -0.2) is 9.97 Å². The van der Waals surface area contributed by atoms with Crippen LogP contribution in [0, 0.1) is 5.82 Å². The Kier molecular flexibility index (Phi) is 3.68. The average Bonchev–Trinajstić information content (AvgIpc) is 2.31. The van der Waals surface area contributed by atoms with Gasteiger partial charge in [-0.1, -0.05) is 6.92 Å². The zero-order valence-electron chi connectivity index (χ0n) is 9.24. The van der Waals surface area contributed by atoms with Gasteiger partial charge in [-0.25, -0.2) is 14.4 Å². The number of halogens is 2. The molecule has 0 spiro atoms. The van der Waals surface area contributed by atoms with E-state index in [1.54, 1.807) is 18.2 Å². The average molecular weight is 296 g/mol. The van der Waals surface area contributed by atoms with Gasteiger partial charge in [-0.05, 0) is 40.2 Å². The van der Waals surface area contributed by atoms with E-state index < -0.39 is 0 Å². The number of aryl methyl sites for hydroxylation is 1. The molecule has 0 fully saturated rings. The van der Waals surface area contributed by atoms with Crippen LogP contribution in [0.3, 0.4) is 0 Å². The van der Waals surface area contributed by atoms with Crippen molar-refractivity contribution in [1.82, 2.24) is 9.97 Å². The molecule has 0 saturated heterocycles. The normalized spacial score (nSPS) is 10.3. The Morgan fingerprint density at radius 2 is 1.94 bits per heavy atom. The molecule has 1 aromatic carbocycles. The summed E-state index contributed by atoms with van der Waals surface area (Å²) in [5, 5.41) is 3.10. The first-order valence-corrected chi connectivity index (χ1v) is 6.02. The van der Waals surface area contributed by atoms with Crippen molar-refractivity contribution in [2.45, 2.75) is 13.3 Å². The number of aromatic nitrogens is 2. The van der Waals surface area contributed by atoms with Gasteiger partial charge < -0.3 is 5.32 Å². The van der Waals surface area contributed by atoms with E-state index in [0.29, 0.717) is 5.82 Å². The van der Waals surface area contributed by atoms with E-state index in [9.17, 15) is 4.39 Å². The maximum atomic E-state index is 12.7. The molecule has 0 radical (unpaired) electrons. The highest BCUT2D eigenvalue weighted by Crippen LogP contribution is 2.18. The van der Waals surface area contributed by atoms with Crippen LogP contribution in [0.25, 0.3) is 0 Å². The van der Waals surface area contributed by atoms with Gasteiger partial charge in [0.25, 0.3) is 0 Å². The molecule has 0 atom stereocenters. The number of hydrogen-bond acceptors (Lipinski definition) is 3. The first kappa shape index (κ1) is 12.0. The van der Waals surface area contributed by atoms with Crippen molar-refractivity contribution >= 4 is 27.4 Å². The summed E-state index contributed by atoms with van der Waals surface area (Å²) in [5.41, 5.74) is 0.791. The first-order valence-electron chi connectivity index (χ1n) is 5.23. The largest absolute Gasteiger partial charge is 0.340 e. The fourth-order valence-corrected chi connectivity index (χ4v) is 1.79. The molecule has 0 aliphatic rings. The van der Waals surface area contributed by atoms with Gasteiger partial charge in [0.15, 0.2) is 0 Å². The highest BCUT2D eigenvalue weighted by molar-refractivity contribution is 9.10. The van der Waals surface area contributed by atoms with Crippen molar-refractivity contribution in [2.24, 2.45) is 0 Å². The van der Waals surface area contributed by atoms with Gasteiger partial charge in [0.2, 0.25) is 0 Å². The lowest BCUT2D eigenvalue weighted by Gasteiger charge is -2.07. The van der Waals surface area contributed by atoms with Gasteiger partial charge in [0, 0.05) is 18.2 Å². The maximum absolute atomic E-state index is 12.7. The molecule has 1 N–H and O–H groups in total. The van der Waals surface area contributed by atoms with Gasteiger partial charge >= 0.3 is 0 Å². The van der Waals surface area contributed by atoms with Crippen LogP contribution >= 0.6 is 15.9 Å². The zero-order valence-corrected chi connectivity index (χ0v) is 10.8. The van der Waals surface area contributed by atoms with E-state index >= 15 is 0 Å². The third-order valence-corrected chi connectivity index (χ3v) is 2.58. The van der Waals surface area contributed by atoms with Crippen molar-refractivity contribution in [3.8, 4) is 0 Å². The van der Waals surface area contributed by atoms with Gasteiger partial charge in [-0.15, -0.1) is 0 Å². The summed E-state index contributed by atoms with van der Waals surface area (Å²) in [6.07, 6.45) is 0.761. The fourth-order valence-electron chi connectivity index (χ4n) is 1.37. The second kappa shape index (κ2) is 5.23. The topological polar surface area (TPSA) is 37.8 Å². The SMILES string of the molecule is CCc1nc(Br)cc(Nc2ccc(F)cc2)n1. The summed E-state index contributed by atoms with van der Waals surface area (Å²) in [6.45, 7) is 1.99. The molecule has 0 aliphatic heterocycles. The van der Waals surface area contributed by atoms with Crippen LogP contribution in [-0.2, 0) is 6.42 Å². The minimum atomic E-state index is -0.256. The number of hydrogen-bond donors (Lipinski definition) is 1. The molecular weight excluding hydrogens is 285 g/mol. The quantitative estimate of drug-likeness (QED) is 0.878. The van der Waals surface area contributed by atoms with Crippen LogP contribution in [0.2, 0.25) is 0 Å². The van der Waals surface area contributed by atoms with Crippen molar-refractivity contribution in [3.63, 3.8) is 0 Å². The summed E-state index contributed by atoms with van der Waals surface area (Å²) >= 11 is 3.33. The summed E-state index contributed by atoms with van der Waals surface area (Å²) in [7, 11) is 0. The Bertz CT molecular complexity index is 514. The molecule has 88 valence electrons. The molecule has 17 heavy (non-hydrogen) atoms. The minimum absolute atomic E-state index is 0.256. The first-order chi connectivity index (χ1) is 8.17.